The Kier molecular flexibility index (Phi) is 5.85. The molecule has 1 aliphatic heterocycles. The molecule has 2 rings (SSSR count). The van der Waals surface area contributed by atoms with Crippen molar-refractivity contribution < 1.29 is 4.79 Å². The third kappa shape index (κ3) is 3.34. The zero-order chi connectivity index (χ0) is 14.5. The Morgan fingerprint density at radius 2 is 2.10 bits per heavy atom. The van der Waals surface area contributed by atoms with Gasteiger partial charge >= 0.3 is 0 Å². The zero-order valence-electron chi connectivity index (χ0n) is 13.1. The first-order valence-corrected chi connectivity index (χ1v) is 8.38. The first-order chi connectivity index (χ1) is 9.71. The van der Waals surface area contributed by atoms with Gasteiger partial charge in [-0.3, -0.25) is 9.69 Å². The van der Waals surface area contributed by atoms with Crippen LogP contribution in [0.3, 0.4) is 0 Å². The Labute approximate surface area is 123 Å². The number of hydrogen-bond acceptors (Lipinski definition) is 3. The van der Waals surface area contributed by atoms with E-state index in [0.717, 1.165) is 25.4 Å². The highest BCUT2D eigenvalue weighted by Crippen LogP contribution is 2.36. The average Bonchev–Trinajstić information content (AvgIpc) is 2.53. The smallest absolute Gasteiger partial charge is 0.237 e. The molecule has 0 aromatic rings. The summed E-state index contributed by atoms with van der Waals surface area (Å²) in [6.45, 7) is 4.12. The molecule has 0 spiro atoms. The van der Waals surface area contributed by atoms with Crippen molar-refractivity contribution in [2.45, 2.75) is 64.0 Å². The van der Waals surface area contributed by atoms with Crippen molar-refractivity contribution in [3.05, 3.63) is 0 Å². The fourth-order valence-electron chi connectivity index (χ4n) is 4.14. The second-order valence-corrected chi connectivity index (χ2v) is 6.51. The van der Waals surface area contributed by atoms with Crippen LogP contribution in [-0.4, -0.2) is 43.0 Å². The molecule has 0 radical (unpaired) electrons. The van der Waals surface area contributed by atoms with E-state index in [1.807, 2.05) is 0 Å². The highest BCUT2D eigenvalue weighted by atomic mass is 16.2. The summed E-state index contributed by atoms with van der Waals surface area (Å²) in [6, 6.07) is 0.588. The molecule has 2 fully saturated rings. The highest BCUT2D eigenvalue weighted by Gasteiger charge is 2.39. The first kappa shape index (κ1) is 15.8. The number of carbonyl (C=O) groups is 1. The van der Waals surface area contributed by atoms with Gasteiger partial charge in [0.05, 0.1) is 6.04 Å². The van der Waals surface area contributed by atoms with Gasteiger partial charge in [0.1, 0.15) is 0 Å². The summed E-state index contributed by atoms with van der Waals surface area (Å²) in [5.74, 6) is 1.58. The lowest BCUT2D eigenvalue weighted by Crippen LogP contribution is -2.57. The van der Waals surface area contributed by atoms with Gasteiger partial charge in [0.2, 0.25) is 5.91 Å². The molecule has 0 aromatic heterocycles. The molecule has 1 amide bonds. The SMILES string of the molecule is CCC1CCC(CN)C(N2CCCCC2C(=O)NC)C1. The summed E-state index contributed by atoms with van der Waals surface area (Å²) < 4.78 is 0. The molecule has 20 heavy (non-hydrogen) atoms. The first-order valence-electron chi connectivity index (χ1n) is 8.38. The maximum Gasteiger partial charge on any atom is 0.237 e. The molecule has 4 heteroatoms. The van der Waals surface area contributed by atoms with Crippen molar-refractivity contribution in [1.82, 2.24) is 10.2 Å². The van der Waals surface area contributed by atoms with Crippen LogP contribution in [-0.2, 0) is 4.79 Å². The van der Waals surface area contributed by atoms with Crippen molar-refractivity contribution in [3.8, 4) is 0 Å². The van der Waals surface area contributed by atoms with E-state index in [9.17, 15) is 4.79 Å². The second kappa shape index (κ2) is 7.41. The summed E-state index contributed by atoms with van der Waals surface area (Å²) in [4.78, 5) is 14.7. The van der Waals surface area contributed by atoms with E-state index in [-0.39, 0.29) is 11.9 Å². The van der Waals surface area contributed by atoms with Gasteiger partial charge in [-0.15, -0.1) is 0 Å². The summed E-state index contributed by atoms with van der Waals surface area (Å²) in [6.07, 6.45) is 8.43. The van der Waals surface area contributed by atoms with E-state index < -0.39 is 0 Å². The lowest BCUT2D eigenvalue weighted by atomic mass is 9.75. The number of hydrogen-bond donors (Lipinski definition) is 2. The van der Waals surface area contributed by atoms with Crippen LogP contribution in [0.4, 0.5) is 0 Å². The van der Waals surface area contributed by atoms with Crippen LogP contribution >= 0.6 is 0 Å². The fraction of sp³-hybridized carbons (Fsp3) is 0.938. The standard InChI is InChI=1S/C16H31N3O/c1-3-12-7-8-13(11-17)15(10-12)19-9-5-4-6-14(19)16(20)18-2/h12-15H,3-11,17H2,1-2H3,(H,18,20). The second-order valence-electron chi connectivity index (χ2n) is 6.51. The Morgan fingerprint density at radius 3 is 2.75 bits per heavy atom. The molecule has 0 aromatic carbocycles. The van der Waals surface area contributed by atoms with E-state index >= 15 is 0 Å². The van der Waals surface area contributed by atoms with Gasteiger partial charge in [0.25, 0.3) is 0 Å². The minimum atomic E-state index is 0.0726. The number of likely N-dealkylation sites (N-methyl/N-ethyl adjacent to an activating group) is 1. The topological polar surface area (TPSA) is 58.4 Å². The van der Waals surface area contributed by atoms with Gasteiger partial charge in [-0.2, -0.15) is 0 Å². The highest BCUT2D eigenvalue weighted by molar-refractivity contribution is 5.81. The minimum Gasteiger partial charge on any atom is -0.358 e. The van der Waals surface area contributed by atoms with Gasteiger partial charge < -0.3 is 11.1 Å². The minimum absolute atomic E-state index is 0.0726. The van der Waals surface area contributed by atoms with Crippen molar-refractivity contribution in [3.63, 3.8) is 0 Å². The number of carbonyl (C=O) groups excluding carboxylic acids is 1. The molecule has 1 aliphatic carbocycles. The Morgan fingerprint density at radius 1 is 1.30 bits per heavy atom. The number of nitrogens with zero attached hydrogens (tertiary/aromatic N) is 1. The van der Waals surface area contributed by atoms with Crippen LogP contribution in [0.5, 0.6) is 0 Å². The molecular weight excluding hydrogens is 250 g/mol. The predicted molar refractivity (Wildman–Crippen MR) is 82.4 cm³/mol. The Balaban J connectivity index is 2.12. The Bertz CT molecular complexity index is 321. The number of rotatable bonds is 4. The van der Waals surface area contributed by atoms with Crippen LogP contribution in [0.2, 0.25) is 0 Å². The summed E-state index contributed by atoms with van der Waals surface area (Å²) >= 11 is 0. The van der Waals surface area contributed by atoms with Gasteiger partial charge in [-0.05, 0) is 50.6 Å². The van der Waals surface area contributed by atoms with E-state index in [1.54, 1.807) is 7.05 Å². The van der Waals surface area contributed by atoms with Crippen molar-refractivity contribution >= 4 is 5.91 Å². The molecule has 1 saturated heterocycles. The van der Waals surface area contributed by atoms with Crippen LogP contribution in [0.15, 0.2) is 0 Å². The molecule has 116 valence electrons. The van der Waals surface area contributed by atoms with Crippen LogP contribution in [0, 0.1) is 11.8 Å². The molecule has 2 aliphatic rings. The fourth-order valence-corrected chi connectivity index (χ4v) is 4.14. The van der Waals surface area contributed by atoms with Crippen LogP contribution in [0.25, 0.3) is 0 Å². The van der Waals surface area contributed by atoms with Crippen molar-refractivity contribution in [1.29, 1.82) is 0 Å². The quantitative estimate of drug-likeness (QED) is 0.825. The maximum absolute atomic E-state index is 12.2. The average molecular weight is 281 g/mol. The molecule has 1 heterocycles. The van der Waals surface area contributed by atoms with E-state index in [2.05, 4.69) is 17.1 Å². The number of nitrogens with two attached hydrogens (primary N) is 1. The molecule has 1 saturated carbocycles. The molecule has 4 unspecified atom stereocenters. The number of amides is 1. The van der Waals surface area contributed by atoms with Gasteiger partial charge in [-0.1, -0.05) is 26.2 Å². The van der Waals surface area contributed by atoms with Gasteiger partial charge in [0, 0.05) is 13.1 Å². The van der Waals surface area contributed by atoms with Gasteiger partial charge in [-0.25, -0.2) is 0 Å². The summed E-state index contributed by atoms with van der Waals surface area (Å²) in [5, 5.41) is 2.85. The predicted octanol–water partition coefficient (Wildman–Crippen LogP) is 1.74. The van der Waals surface area contributed by atoms with E-state index in [1.165, 1.54) is 38.5 Å². The van der Waals surface area contributed by atoms with Crippen molar-refractivity contribution in [2.75, 3.05) is 20.1 Å². The largest absolute Gasteiger partial charge is 0.358 e. The van der Waals surface area contributed by atoms with Gasteiger partial charge in [0.15, 0.2) is 0 Å². The third-order valence-corrected chi connectivity index (χ3v) is 5.46. The third-order valence-electron chi connectivity index (χ3n) is 5.46. The number of likely N-dealkylation sites (tertiary alicyclic amines) is 1. The lowest BCUT2D eigenvalue weighted by molar-refractivity contribution is -0.129. The van der Waals surface area contributed by atoms with Crippen molar-refractivity contribution in [2.24, 2.45) is 17.6 Å². The molecule has 4 atom stereocenters. The Hall–Kier alpha value is -0.610. The summed E-state index contributed by atoms with van der Waals surface area (Å²) in [7, 11) is 1.76. The van der Waals surface area contributed by atoms with E-state index in [4.69, 9.17) is 5.73 Å². The number of piperidine rings is 1. The van der Waals surface area contributed by atoms with Crippen LogP contribution in [0.1, 0.15) is 51.9 Å². The number of nitrogens with one attached hydrogen (secondary N) is 1. The summed E-state index contributed by atoms with van der Waals surface area (Å²) in [5.41, 5.74) is 6.01. The molecular formula is C16H31N3O. The lowest BCUT2D eigenvalue weighted by Gasteiger charge is -2.47. The molecule has 4 nitrogen and oxygen atoms in total. The molecule has 0 bridgehead atoms. The van der Waals surface area contributed by atoms with E-state index in [0.29, 0.717) is 12.0 Å². The zero-order valence-corrected chi connectivity index (χ0v) is 13.1. The maximum atomic E-state index is 12.2. The molecule has 3 N–H and O–H groups in total. The monoisotopic (exact) mass is 281 g/mol. The normalized spacial score (nSPS) is 35.8. The van der Waals surface area contributed by atoms with Crippen LogP contribution < -0.4 is 11.1 Å².